The molecule has 2 aromatic rings. The number of rotatable bonds is 3. The summed E-state index contributed by atoms with van der Waals surface area (Å²) in [4.78, 5) is 23.2. The molecule has 0 saturated carbocycles. The number of benzene rings is 1. The van der Waals surface area contributed by atoms with Crippen molar-refractivity contribution in [3.05, 3.63) is 47.9 Å². The molecule has 0 aliphatic carbocycles. The first kappa shape index (κ1) is 13.5. The predicted octanol–water partition coefficient (Wildman–Crippen LogP) is 2.64. The summed E-state index contributed by atoms with van der Waals surface area (Å²) in [5, 5.41) is 2.86. The van der Waals surface area contributed by atoms with Crippen LogP contribution in [0.25, 0.3) is 0 Å². The molecule has 108 valence electrons. The Labute approximate surface area is 124 Å². The van der Waals surface area contributed by atoms with Gasteiger partial charge in [-0.3, -0.25) is 4.79 Å². The van der Waals surface area contributed by atoms with E-state index >= 15 is 0 Å². The van der Waals surface area contributed by atoms with Gasteiger partial charge in [0.1, 0.15) is 17.3 Å². The van der Waals surface area contributed by atoms with Crippen molar-refractivity contribution in [3.63, 3.8) is 0 Å². The van der Waals surface area contributed by atoms with Crippen molar-refractivity contribution in [2.75, 3.05) is 23.3 Å². The molecule has 5 nitrogen and oxygen atoms in total. The zero-order valence-corrected chi connectivity index (χ0v) is 12.0. The Morgan fingerprint density at radius 1 is 1.14 bits per heavy atom. The minimum Gasteiger partial charge on any atom is -0.356 e. The average Bonchev–Trinajstić information content (AvgIpc) is 3.02. The first-order valence-electron chi connectivity index (χ1n) is 7.19. The maximum Gasteiger partial charge on any atom is 0.274 e. The van der Waals surface area contributed by atoms with Crippen LogP contribution in [0.1, 0.15) is 29.2 Å². The molecule has 0 spiro atoms. The molecule has 0 bridgehead atoms. The smallest absolute Gasteiger partial charge is 0.274 e. The molecule has 0 radical (unpaired) electrons. The van der Waals surface area contributed by atoms with Gasteiger partial charge in [-0.1, -0.05) is 18.2 Å². The minimum atomic E-state index is -0.202. The van der Waals surface area contributed by atoms with Gasteiger partial charge in [-0.2, -0.15) is 0 Å². The number of aryl methyl sites for hydroxylation is 1. The van der Waals surface area contributed by atoms with Crippen LogP contribution >= 0.6 is 0 Å². The Morgan fingerprint density at radius 2 is 1.86 bits per heavy atom. The van der Waals surface area contributed by atoms with Gasteiger partial charge in [0, 0.05) is 24.8 Å². The molecule has 0 atom stereocenters. The lowest BCUT2D eigenvalue weighted by Crippen LogP contribution is -2.22. The van der Waals surface area contributed by atoms with Gasteiger partial charge in [0.2, 0.25) is 0 Å². The summed E-state index contributed by atoms with van der Waals surface area (Å²) in [7, 11) is 0. The number of aromatic nitrogens is 2. The molecular formula is C16H18N4O. The third-order valence-corrected chi connectivity index (χ3v) is 3.52. The van der Waals surface area contributed by atoms with Crippen LogP contribution in [-0.4, -0.2) is 29.0 Å². The predicted molar refractivity (Wildman–Crippen MR) is 82.6 cm³/mol. The van der Waals surface area contributed by atoms with Crippen LogP contribution in [0.5, 0.6) is 0 Å². The number of amides is 1. The molecule has 1 aromatic heterocycles. The van der Waals surface area contributed by atoms with Crippen LogP contribution in [0.2, 0.25) is 0 Å². The molecule has 0 unspecified atom stereocenters. The third kappa shape index (κ3) is 3.18. The zero-order chi connectivity index (χ0) is 14.7. The highest BCUT2D eigenvalue weighted by molar-refractivity contribution is 6.03. The highest BCUT2D eigenvalue weighted by atomic mass is 16.1. The Hall–Kier alpha value is -2.43. The van der Waals surface area contributed by atoms with Crippen molar-refractivity contribution in [1.29, 1.82) is 0 Å². The van der Waals surface area contributed by atoms with E-state index in [1.165, 1.54) is 12.8 Å². The van der Waals surface area contributed by atoms with E-state index in [-0.39, 0.29) is 5.91 Å². The van der Waals surface area contributed by atoms with Crippen molar-refractivity contribution >= 4 is 17.4 Å². The molecule has 1 fully saturated rings. The van der Waals surface area contributed by atoms with Gasteiger partial charge in [-0.15, -0.1) is 0 Å². The topological polar surface area (TPSA) is 58.1 Å². The fourth-order valence-electron chi connectivity index (χ4n) is 2.49. The number of para-hydroxylation sites is 1. The van der Waals surface area contributed by atoms with E-state index in [0.29, 0.717) is 11.5 Å². The maximum atomic E-state index is 12.3. The molecule has 3 rings (SSSR count). The number of hydrogen-bond acceptors (Lipinski definition) is 4. The second kappa shape index (κ2) is 5.91. The number of carbonyl (C=O) groups excluding carboxylic acids is 1. The summed E-state index contributed by atoms with van der Waals surface area (Å²) in [6.07, 6.45) is 2.35. The minimum absolute atomic E-state index is 0.202. The zero-order valence-electron chi connectivity index (χ0n) is 12.0. The van der Waals surface area contributed by atoms with Crippen LogP contribution in [-0.2, 0) is 0 Å². The van der Waals surface area contributed by atoms with E-state index in [2.05, 4.69) is 20.2 Å². The van der Waals surface area contributed by atoms with Crippen LogP contribution in [0, 0.1) is 6.92 Å². The van der Waals surface area contributed by atoms with Crippen molar-refractivity contribution < 1.29 is 4.79 Å². The summed E-state index contributed by atoms with van der Waals surface area (Å²) in [6.45, 7) is 3.81. The van der Waals surface area contributed by atoms with Gasteiger partial charge in [-0.05, 0) is 31.9 Å². The fourth-order valence-corrected chi connectivity index (χ4v) is 2.49. The van der Waals surface area contributed by atoms with Crippen LogP contribution in [0.15, 0.2) is 36.4 Å². The van der Waals surface area contributed by atoms with Crippen molar-refractivity contribution in [1.82, 2.24) is 9.97 Å². The second-order valence-electron chi connectivity index (χ2n) is 5.17. The number of carbonyl (C=O) groups is 1. The van der Waals surface area contributed by atoms with Crippen LogP contribution in [0.3, 0.4) is 0 Å². The first-order valence-corrected chi connectivity index (χ1v) is 7.19. The average molecular weight is 282 g/mol. The van der Waals surface area contributed by atoms with E-state index in [0.717, 1.165) is 24.6 Å². The highest BCUT2D eigenvalue weighted by Crippen LogP contribution is 2.19. The van der Waals surface area contributed by atoms with Gasteiger partial charge in [0.15, 0.2) is 0 Å². The van der Waals surface area contributed by atoms with E-state index in [1.807, 2.05) is 37.3 Å². The first-order chi connectivity index (χ1) is 10.2. The van der Waals surface area contributed by atoms with Gasteiger partial charge in [-0.25, -0.2) is 9.97 Å². The van der Waals surface area contributed by atoms with Gasteiger partial charge < -0.3 is 10.2 Å². The fraction of sp³-hybridized carbons (Fsp3) is 0.312. The largest absolute Gasteiger partial charge is 0.356 e. The number of nitrogens with one attached hydrogen (secondary N) is 1. The molecule has 1 aromatic carbocycles. The van der Waals surface area contributed by atoms with Gasteiger partial charge in [0.05, 0.1) is 0 Å². The Balaban J connectivity index is 1.82. The van der Waals surface area contributed by atoms with Crippen molar-refractivity contribution in [3.8, 4) is 0 Å². The number of hydrogen-bond donors (Lipinski definition) is 1. The summed E-state index contributed by atoms with van der Waals surface area (Å²) in [5.41, 5.74) is 1.18. The van der Waals surface area contributed by atoms with E-state index in [1.54, 1.807) is 6.07 Å². The Kier molecular flexibility index (Phi) is 3.81. The molecule has 21 heavy (non-hydrogen) atoms. The molecule has 1 saturated heterocycles. The second-order valence-corrected chi connectivity index (χ2v) is 5.17. The Bertz CT molecular complexity index is 636. The standard InChI is InChI=1S/C16H18N4O/c1-12-17-14(11-15(18-12)20-9-5-6-10-20)16(21)19-13-7-3-2-4-8-13/h2-4,7-8,11H,5-6,9-10H2,1H3,(H,19,21). The molecule has 1 aliphatic rings. The van der Waals surface area contributed by atoms with E-state index in [4.69, 9.17) is 0 Å². The molecule has 1 N–H and O–H groups in total. The summed E-state index contributed by atoms with van der Waals surface area (Å²) < 4.78 is 0. The molecule has 5 heteroatoms. The van der Waals surface area contributed by atoms with Crippen LogP contribution < -0.4 is 10.2 Å². The van der Waals surface area contributed by atoms with E-state index < -0.39 is 0 Å². The lowest BCUT2D eigenvalue weighted by atomic mass is 10.3. The Morgan fingerprint density at radius 3 is 2.57 bits per heavy atom. The molecule has 1 amide bonds. The van der Waals surface area contributed by atoms with Gasteiger partial charge in [0.25, 0.3) is 5.91 Å². The highest BCUT2D eigenvalue weighted by Gasteiger charge is 2.17. The normalized spacial score (nSPS) is 14.2. The summed E-state index contributed by atoms with van der Waals surface area (Å²) in [6, 6.07) is 11.2. The van der Waals surface area contributed by atoms with Crippen LogP contribution in [0.4, 0.5) is 11.5 Å². The van der Waals surface area contributed by atoms with E-state index in [9.17, 15) is 4.79 Å². The quantitative estimate of drug-likeness (QED) is 0.940. The maximum absolute atomic E-state index is 12.3. The lowest BCUT2D eigenvalue weighted by Gasteiger charge is -2.17. The third-order valence-electron chi connectivity index (χ3n) is 3.52. The number of nitrogens with zero attached hydrogens (tertiary/aromatic N) is 3. The van der Waals surface area contributed by atoms with Crippen molar-refractivity contribution in [2.45, 2.75) is 19.8 Å². The molecule has 1 aliphatic heterocycles. The SMILES string of the molecule is Cc1nc(C(=O)Nc2ccccc2)cc(N2CCCC2)n1. The van der Waals surface area contributed by atoms with Gasteiger partial charge >= 0.3 is 0 Å². The summed E-state index contributed by atoms with van der Waals surface area (Å²) >= 11 is 0. The molecular weight excluding hydrogens is 264 g/mol. The van der Waals surface area contributed by atoms with Crippen molar-refractivity contribution in [2.24, 2.45) is 0 Å². The molecule has 2 heterocycles. The lowest BCUT2D eigenvalue weighted by molar-refractivity contribution is 0.102. The monoisotopic (exact) mass is 282 g/mol. The summed E-state index contributed by atoms with van der Waals surface area (Å²) in [5.74, 6) is 1.27. The number of anilines is 2.